The van der Waals surface area contributed by atoms with Crippen LogP contribution < -0.4 is 26.4 Å². The van der Waals surface area contributed by atoms with Gasteiger partial charge >= 0.3 is 49.4 Å². The van der Waals surface area contributed by atoms with Gasteiger partial charge < -0.3 is 0 Å². The largest absolute Gasteiger partial charge is 0.416 e. The number of ketones is 1. The summed E-state index contributed by atoms with van der Waals surface area (Å²) < 4.78 is 343. The number of Topliss-reactive ketones (excluding diaryl/α,β-unsaturated/α-hetero) is 1. The molecule has 0 bridgehead atoms. The van der Waals surface area contributed by atoms with Crippen molar-refractivity contribution in [2.24, 2.45) is 0 Å². The van der Waals surface area contributed by atoms with Gasteiger partial charge in [-0.05, 0) is 36.4 Å². The third kappa shape index (κ3) is 13.1. The molecule has 78 heavy (non-hydrogen) atoms. The first-order chi connectivity index (χ1) is 35.6. The van der Waals surface area contributed by atoms with Crippen molar-refractivity contribution in [2.45, 2.75) is 56.0 Å². The van der Waals surface area contributed by atoms with E-state index in [1.807, 2.05) is 65.2 Å². The topological polar surface area (TPSA) is 20.9 Å². The Hall–Kier alpha value is -7.48. The zero-order valence-electron chi connectivity index (χ0n) is 38.3. The second-order valence-electron chi connectivity index (χ2n) is 17.1. The molecule has 1 aromatic heterocycles. The molecule has 0 spiro atoms. The van der Waals surface area contributed by atoms with Crippen LogP contribution in [0.2, 0.25) is 0 Å². The summed E-state index contributed by atoms with van der Waals surface area (Å²) in [4.78, 5) is 12.5. The van der Waals surface area contributed by atoms with Crippen molar-refractivity contribution in [1.82, 2.24) is 0 Å². The monoisotopic (exact) mass is 1140 g/mol. The molecular weight excluding hydrogens is 1110 g/mol. The van der Waals surface area contributed by atoms with Crippen molar-refractivity contribution in [2.75, 3.05) is 0 Å². The lowest BCUT2D eigenvalue weighted by Gasteiger charge is -2.46. The van der Waals surface area contributed by atoms with Crippen molar-refractivity contribution >= 4 is 50.8 Å². The van der Waals surface area contributed by atoms with Crippen molar-refractivity contribution in [1.29, 1.82) is 0 Å². The van der Waals surface area contributed by atoms with Crippen LogP contribution in [0.25, 0.3) is 17.0 Å². The number of hydrogen-bond donors (Lipinski definition) is 0. The Balaban J connectivity index is 0.000000387. The Morgan fingerprint density at radius 1 is 0.372 bits per heavy atom. The van der Waals surface area contributed by atoms with Gasteiger partial charge in [0.1, 0.15) is 6.15 Å². The summed E-state index contributed by atoms with van der Waals surface area (Å²) in [5.74, 6) is 0.0973. The summed E-state index contributed by atoms with van der Waals surface area (Å²) in [5.41, 5.74) is -27.5. The fourth-order valence-corrected chi connectivity index (χ4v) is 8.56. The standard InChI is InChI=1S/C32H12BF24.C19H16NO/c34-25(35,36)13-1-14(26(37,38)39)6-21(5-13)33(22-7-15(27(40,41)42)2-16(8-22)28(43,44)45,23-9-17(29(46,47)48)3-18(10-23)30(49,50)51)24-11-19(31(52,53)54)4-20(12-24)32(55,56)57;1-2-17-13-12-15-8-6-7-11-18(15)20(17)14-19(21)16-9-4-3-5-10-16/h1-12H;2-13H,1,14H2/q-1;+1. The zero-order chi connectivity index (χ0) is 58.6. The average molecular weight is 1140 g/mol. The minimum Gasteiger partial charge on any atom is -0.287 e. The van der Waals surface area contributed by atoms with E-state index in [9.17, 15) is 110 Å². The number of carbonyl (C=O) groups is 1. The number of hydrogen-bond acceptors (Lipinski definition) is 1. The Morgan fingerprint density at radius 2 is 0.641 bits per heavy atom. The molecule has 0 fully saturated rings. The molecule has 0 radical (unpaired) electrons. The van der Waals surface area contributed by atoms with Crippen molar-refractivity contribution in [3.8, 4) is 0 Å². The smallest absolute Gasteiger partial charge is 0.287 e. The molecular formula is C51H28BF24NO. The first-order valence-electron chi connectivity index (χ1n) is 21.5. The number of rotatable bonds is 8. The van der Waals surface area contributed by atoms with Gasteiger partial charge in [-0.3, -0.25) is 4.79 Å². The highest BCUT2D eigenvalue weighted by Crippen LogP contribution is 2.41. The fraction of sp³-hybridized carbons (Fsp3) is 0.176. The molecule has 0 unspecified atom stereocenters. The number of alkyl halides is 24. The summed E-state index contributed by atoms with van der Waals surface area (Å²) in [6.45, 7) is 4.16. The third-order valence-corrected chi connectivity index (χ3v) is 12.0. The molecule has 0 N–H and O–H groups in total. The lowest BCUT2D eigenvalue weighted by Crippen LogP contribution is -2.75. The second kappa shape index (κ2) is 20.7. The first kappa shape index (κ1) is 59.8. The lowest BCUT2D eigenvalue weighted by atomic mass is 9.12. The molecule has 0 aliphatic rings. The summed E-state index contributed by atoms with van der Waals surface area (Å²) in [6, 6.07) is 12.7. The minimum absolute atomic E-state index is 0.0973. The number of benzene rings is 6. The Labute approximate surface area is 422 Å². The van der Waals surface area contributed by atoms with Crippen LogP contribution in [0.15, 0.2) is 146 Å². The SMILES string of the molecule is C=Cc1ccc2ccccc2[n+]1CC(=O)c1ccccc1.FC(F)(F)c1cc([B-](c2cc(C(F)(F)F)cc(C(F)(F)F)c2)(c2cc(C(F)(F)F)cc(C(F)(F)F)c2)c2cc(C(F)(F)F)cc(C(F)(F)F)c2)cc(C(F)(F)F)c1. The van der Waals surface area contributed by atoms with Crippen LogP contribution in [0.4, 0.5) is 105 Å². The van der Waals surface area contributed by atoms with Crippen LogP contribution in [0, 0.1) is 0 Å². The van der Waals surface area contributed by atoms with E-state index >= 15 is 0 Å². The van der Waals surface area contributed by atoms with Gasteiger partial charge in [-0.15, -0.1) is 0 Å². The van der Waals surface area contributed by atoms with Crippen molar-refractivity contribution < 1.29 is 115 Å². The van der Waals surface area contributed by atoms with E-state index in [-0.39, 0.29) is 5.78 Å². The highest BCUT2D eigenvalue weighted by Gasteiger charge is 2.47. The van der Waals surface area contributed by atoms with Crippen LogP contribution in [-0.4, -0.2) is 11.9 Å². The van der Waals surface area contributed by atoms with E-state index in [2.05, 4.69) is 12.6 Å². The Kier molecular flexibility index (Phi) is 15.9. The second-order valence-corrected chi connectivity index (χ2v) is 17.1. The normalized spacial score (nSPS) is 13.3. The molecule has 0 saturated heterocycles. The summed E-state index contributed by atoms with van der Waals surface area (Å²) in [6.07, 6.45) is -53.0. The molecule has 6 aromatic carbocycles. The third-order valence-electron chi connectivity index (χ3n) is 12.0. The lowest BCUT2D eigenvalue weighted by molar-refractivity contribution is -0.658. The predicted octanol–water partition coefficient (Wildman–Crippen LogP) is 14.9. The quantitative estimate of drug-likeness (QED) is 0.0643. The van der Waals surface area contributed by atoms with Crippen LogP contribution in [0.1, 0.15) is 60.6 Å². The number of fused-ring (bicyclic) bond motifs is 1. The van der Waals surface area contributed by atoms with E-state index in [1.165, 1.54) is 0 Å². The molecule has 7 rings (SSSR count). The number of pyridine rings is 1. The molecule has 414 valence electrons. The van der Waals surface area contributed by atoms with E-state index in [0.29, 0.717) is 6.54 Å². The molecule has 1 heterocycles. The van der Waals surface area contributed by atoms with Crippen LogP contribution in [0.3, 0.4) is 0 Å². The van der Waals surface area contributed by atoms with E-state index in [1.54, 1.807) is 6.08 Å². The molecule has 0 saturated carbocycles. The molecule has 0 atom stereocenters. The minimum atomic E-state index is -6.13. The molecule has 0 aliphatic heterocycles. The molecule has 27 heteroatoms. The molecule has 0 amide bonds. The number of para-hydroxylation sites is 1. The predicted molar refractivity (Wildman–Crippen MR) is 235 cm³/mol. The Bertz CT molecular complexity index is 2920. The maximum Gasteiger partial charge on any atom is 0.416 e. The average Bonchev–Trinajstić information content (AvgIpc) is 3.32. The van der Waals surface area contributed by atoms with Crippen molar-refractivity contribution in [3.63, 3.8) is 0 Å². The van der Waals surface area contributed by atoms with E-state index < -0.39 is 195 Å². The summed E-state index contributed by atoms with van der Waals surface area (Å²) >= 11 is 0. The van der Waals surface area contributed by atoms with Crippen LogP contribution in [0.5, 0.6) is 0 Å². The highest BCUT2D eigenvalue weighted by molar-refractivity contribution is 7.20. The van der Waals surface area contributed by atoms with E-state index in [4.69, 9.17) is 0 Å². The number of aromatic nitrogens is 1. The number of halogens is 24. The van der Waals surface area contributed by atoms with Gasteiger partial charge in [0.25, 0.3) is 0 Å². The van der Waals surface area contributed by atoms with Crippen LogP contribution >= 0.6 is 0 Å². The fourth-order valence-electron chi connectivity index (χ4n) is 8.56. The number of nitrogens with zero attached hydrogens (tertiary/aromatic N) is 1. The highest BCUT2D eigenvalue weighted by atomic mass is 19.4. The maximum absolute atomic E-state index is 14.2. The van der Waals surface area contributed by atoms with Gasteiger partial charge in [0.2, 0.25) is 23.5 Å². The van der Waals surface area contributed by atoms with E-state index in [0.717, 1.165) is 22.2 Å². The first-order valence-corrected chi connectivity index (χ1v) is 21.5. The summed E-state index contributed by atoms with van der Waals surface area (Å²) in [5, 5.41) is 1.11. The Morgan fingerprint density at radius 3 is 0.910 bits per heavy atom. The van der Waals surface area contributed by atoms with Gasteiger partial charge in [0, 0.05) is 29.2 Å². The van der Waals surface area contributed by atoms with Gasteiger partial charge in [0.15, 0.2) is 0 Å². The summed E-state index contributed by atoms with van der Waals surface area (Å²) in [7, 11) is 0. The molecule has 2 nitrogen and oxygen atoms in total. The van der Waals surface area contributed by atoms with Gasteiger partial charge in [0.05, 0.1) is 44.5 Å². The van der Waals surface area contributed by atoms with Crippen LogP contribution in [-0.2, 0) is 56.0 Å². The van der Waals surface area contributed by atoms with Gasteiger partial charge in [-0.1, -0.05) is 97.6 Å². The zero-order valence-corrected chi connectivity index (χ0v) is 38.3. The van der Waals surface area contributed by atoms with Gasteiger partial charge in [-0.2, -0.15) is 132 Å². The number of carbonyl (C=O) groups excluding carboxylic acids is 1. The maximum atomic E-state index is 14.2. The van der Waals surface area contributed by atoms with Gasteiger partial charge in [-0.25, -0.2) is 0 Å². The molecule has 7 aromatic rings. The van der Waals surface area contributed by atoms with Crippen molar-refractivity contribution in [3.05, 3.63) is 202 Å². The molecule has 0 aliphatic carbocycles.